The predicted octanol–water partition coefficient (Wildman–Crippen LogP) is 5.18. The molecule has 1 aliphatic carbocycles. The van der Waals surface area contributed by atoms with Crippen LogP contribution in [0.25, 0.3) is 0 Å². The number of para-hydroxylation sites is 1. The molecule has 1 atom stereocenters. The summed E-state index contributed by atoms with van der Waals surface area (Å²) >= 11 is 8.01. The fourth-order valence-corrected chi connectivity index (χ4v) is 6.11. The molecule has 2 aromatic heterocycles. The van der Waals surface area contributed by atoms with Gasteiger partial charge in [0.15, 0.2) is 10.9 Å². The third-order valence-electron chi connectivity index (χ3n) is 5.32. The number of anilines is 4. The summed E-state index contributed by atoms with van der Waals surface area (Å²) in [7, 11) is -2.47. The number of nitrogens with one attached hydrogen (secondary N) is 3. The quantitative estimate of drug-likeness (QED) is 0.375. The van der Waals surface area contributed by atoms with E-state index in [2.05, 4.69) is 32.8 Å². The molecule has 0 saturated carbocycles. The summed E-state index contributed by atoms with van der Waals surface area (Å²) in [5, 5.41) is 12.0. The first-order chi connectivity index (χ1) is 15.3. The summed E-state index contributed by atoms with van der Waals surface area (Å²) in [4.78, 5) is 14.9. The van der Waals surface area contributed by atoms with Gasteiger partial charge in [-0.05, 0) is 57.7 Å². The molecule has 1 unspecified atom stereocenters. The second-order valence-corrected chi connectivity index (χ2v) is 13.0. The highest BCUT2D eigenvalue weighted by Crippen LogP contribution is 2.39. The molecule has 4 rings (SSSR count). The summed E-state index contributed by atoms with van der Waals surface area (Å²) < 4.78 is 12.7. The van der Waals surface area contributed by atoms with E-state index in [1.165, 1.54) is 4.88 Å². The molecular formula is C22H28ClN6OPS. The average Bonchev–Trinajstić information content (AvgIpc) is 3.15. The van der Waals surface area contributed by atoms with Gasteiger partial charge in [-0.3, -0.25) is 5.32 Å². The first kappa shape index (κ1) is 23.2. The number of aromatic nitrogens is 3. The molecule has 0 spiro atoms. The number of hydrogen-bond acceptors (Lipinski definition) is 8. The van der Waals surface area contributed by atoms with Crippen molar-refractivity contribution in [2.75, 3.05) is 30.5 Å². The van der Waals surface area contributed by atoms with Gasteiger partial charge in [-0.15, -0.1) is 11.3 Å². The lowest BCUT2D eigenvalue weighted by atomic mass is 9.98. The van der Waals surface area contributed by atoms with Crippen molar-refractivity contribution in [2.24, 2.45) is 0 Å². The molecule has 10 heteroatoms. The first-order valence-electron chi connectivity index (χ1n) is 10.8. The van der Waals surface area contributed by atoms with E-state index in [1.807, 2.05) is 24.3 Å². The zero-order valence-electron chi connectivity index (χ0n) is 18.5. The van der Waals surface area contributed by atoms with Crippen LogP contribution in [0.3, 0.4) is 0 Å². The van der Waals surface area contributed by atoms with Crippen molar-refractivity contribution in [3.05, 3.63) is 46.1 Å². The molecule has 170 valence electrons. The number of rotatable bonds is 8. The molecule has 3 N–H and O–H groups in total. The molecule has 0 saturated heterocycles. The topological polar surface area (TPSA) is 91.8 Å². The largest absolute Gasteiger partial charge is 0.338 e. The van der Waals surface area contributed by atoms with E-state index < -0.39 is 7.14 Å². The van der Waals surface area contributed by atoms with Gasteiger partial charge in [0.1, 0.15) is 12.2 Å². The zero-order valence-corrected chi connectivity index (χ0v) is 20.9. The smallest absolute Gasteiger partial charge is 0.231 e. The van der Waals surface area contributed by atoms with E-state index in [9.17, 15) is 4.57 Å². The molecule has 3 aromatic rings. The number of halogens is 1. The van der Waals surface area contributed by atoms with Gasteiger partial charge in [-0.2, -0.15) is 4.98 Å². The van der Waals surface area contributed by atoms with E-state index in [0.29, 0.717) is 22.8 Å². The molecule has 2 heterocycles. The van der Waals surface area contributed by atoms with Gasteiger partial charge in [0, 0.05) is 16.2 Å². The van der Waals surface area contributed by atoms with E-state index in [0.717, 1.165) is 54.0 Å². The summed E-state index contributed by atoms with van der Waals surface area (Å²) in [6.07, 6.45) is 5.79. The summed E-state index contributed by atoms with van der Waals surface area (Å²) in [6.45, 7) is 6.73. The third-order valence-corrected chi connectivity index (χ3v) is 8.19. The van der Waals surface area contributed by atoms with Gasteiger partial charge in [-0.1, -0.05) is 30.7 Å². The SMILES string of the molecule is CCCNC1CCc2nc(Nc3ncc(Cl)c(Nc4ccccc4P(C)(C)=O)n3)sc2C1. The Morgan fingerprint density at radius 2 is 2.03 bits per heavy atom. The number of nitrogens with zero attached hydrogens (tertiary/aromatic N) is 3. The Labute approximate surface area is 197 Å². The van der Waals surface area contributed by atoms with Crippen LogP contribution in [-0.2, 0) is 17.4 Å². The number of benzene rings is 1. The highest BCUT2D eigenvalue weighted by Gasteiger charge is 2.23. The average molecular weight is 491 g/mol. The van der Waals surface area contributed by atoms with E-state index >= 15 is 0 Å². The lowest BCUT2D eigenvalue weighted by molar-refractivity contribution is 0.460. The molecule has 1 aliphatic rings. The van der Waals surface area contributed by atoms with Crippen molar-refractivity contribution in [2.45, 2.75) is 38.6 Å². The van der Waals surface area contributed by atoms with Crippen LogP contribution in [0.5, 0.6) is 0 Å². The van der Waals surface area contributed by atoms with Gasteiger partial charge >= 0.3 is 0 Å². The van der Waals surface area contributed by atoms with Crippen LogP contribution in [0.2, 0.25) is 5.02 Å². The lowest BCUT2D eigenvalue weighted by Gasteiger charge is -2.21. The van der Waals surface area contributed by atoms with Gasteiger partial charge in [0.2, 0.25) is 5.95 Å². The van der Waals surface area contributed by atoms with Gasteiger partial charge in [-0.25, -0.2) is 9.97 Å². The normalized spacial score (nSPS) is 15.9. The molecule has 0 radical (unpaired) electrons. The van der Waals surface area contributed by atoms with Crippen LogP contribution in [0.1, 0.15) is 30.3 Å². The zero-order chi connectivity index (χ0) is 22.7. The Kier molecular flexibility index (Phi) is 7.15. The predicted molar refractivity (Wildman–Crippen MR) is 135 cm³/mol. The monoisotopic (exact) mass is 490 g/mol. The first-order valence-corrected chi connectivity index (χ1v) is 14.6. The van der Waals surface area contributed by atoms with E-state index in [-0.39, 0.29) is 0 Å². The minimum atomic E-state index is -2.47. The van der Waals surface area contributed by atoms with Crippen LogP contribution in [0.4, 0.5) is 22.6 Å². The fraction of sp³-hybridized carbons (Fsp3) is 0.409. The maximum atomic E-state index is 12.7. The van der Waals surface area contributed by atoms with Crippen LogP contribution < -0.4 is 21.3 Å². The Hall–Kier alpha value is -1.99. The third kappa shape index (κ3) is 5.49. The standard InChI is InChI=1S/C22H28ClN6OPS/c1-4-11-24-14-9-10-17-19(12-14)32-22(27-17)29-21-25-13-15(23)20(28-21)26-16-7-5-6-8-18(16)31(2,3)30/h5-8,13-14,24H,4,9-12H2,1-3H3,(H2,25,26,27,28,29). The van der Waals surface area contributed by atoms with Gasteiger partial charge in [0.05, 0.1) is 17.6 Å². The molecule has 0 fully saturated rings. The molecule has 32 heavy (non-hydrogen) atoms. The van der Waals surface area contributed by atoms with Crippen molar-refractivity contribution in [3.8, 4) is 0 Å². The molecule has 0 bridgehead atoms. The van der Waals surface area contributed by atoms with Crippen molar-refractivity contribution in [1.82, 2.24) is 20.3 Å². The lowest BCUT2D eigenvalue weighted by Crippen LogP contribution is -2.34. The Balaban J connectivity index is 1.51. The van der Waals surface area contributed by atoms with Crippen LogP contribution in [0, 0.1) is 0 Å². The van der Waals surface area contributed by atoms with E-state index in [4.69, 9.17) is 16.6 Å². The second kappa shape index (κ2) is 9.87. The highest BCUT2D eigenvalue weighted by atomic mass is 35.5. The summed E-state index contributed by atoms with van der Waals surface area (Å²) in [5.41, 5.74) is 1.89. The number of fused-ring (bicyclic) bond motifs is 1. The molecule has 1 aromatic carbocycles. The van der Waals surface area contributed by atoms with Gasteiger partial charge < -0.3 is 15.2 Å². The van der Waals surface area contributed by atoms with Crippen molar-refractivity contribution in [3.63, 3.8) is 0 Å². The van der Waals surface area contributed by atoms with Crippen LogP contribution in [0.15, 0.2) is 30.5 Å². The fourth-order valence-electron chi connectivity index (χ4n) is 3.74. The van der Waals surface area contributed by atoms with Gasteiger partial charge in [0.25, 0.3) is 0 Å². The maximum Gasteiger partial charge on any atom is 0.231 e. The number of aryl methyl sites for hydroxylation is 1. The summed E-state index contributed by atoms with van der Waals surface area (Å²) in [5.74, 6) is 0.868. The highest BCUT2D eigenvalue weighted by molar-refractivity contribution is 7.70. The van der Waals surface area contributed by atoms with E-state index in [1.54, 1.807) is 30.9 Å². The second-order valence-electron chi connectivity index (χ2n) is 8.29. The number of hydrogen-bond donors (Lipinski definition) is 3. The minimum Gasteiger partial charge on any atom is -0.338 e. The Morgan fingerprint density at radius 3 is 2.81 bits per heavy atom. The Morgan fingerprint density at radius 1 is 1.22 bits per heavy atom. The Bertz CT molecular complexity index is 1150. The van der Waals surface area contributed by atoms with Crippen LogP contribution >= 0.6 is 30.1 Å². The maximum absolute atomic E-state index is 12.7. The van der Waals surface area contributed by atoms with Crippen molar-refractivity contribution < 1.29 is 4.57 Å². The van der Waals surface area contributed by atoms with Crippen LogP contribution in [-0.4, -0.2) is 40.9 Å². The molecular weight excluding hydrogens is 463 g/mol. The molecule has 0 aliphatic heterocycles. The summed E-state index contributed by atoms with van der Waals surface area (Å²) in [6, 6.07) is 8.02. The number of thiazole rings is 1. The van der Waals surface area contributed by atoms with Crippen molar-refractivity contribution in [1.29, 1.82) is 0 Å². The van der Waals surface area contributed by atoms with Crippen molar-refractivity contribution >= 4 is 58.0 Å². The molecule has 0 amide bonds. The minimum absolute atomic E-state index is 0.385. The molecule has 7 nitrogen and oxygen atoms in total.